The number of nitrogens with zero attached hydrogens (tertiary/aromatic N) is 1. The number of H-pyrrole nitrogens is 1. The van der Waals surface area contributed by atoms with E-state index in [2.05, 4.69) is 15.3 Å². The van der Waals surface area contributed by atoms with Crippen LogP contribution in [-0.4, -0.2) is 23.1 Å². The minimum absolute atomic E-state index is 0.0924. The zero-order valence-corrected chi connectivity index (χ0v) is 12.5. The first-order chi connectivity index (χ1) is 9.60. The van der Waals surface area contributed by atoms with Gasteiger partial charge >= 0.3 is 0 Å². The van der Waals surface area contributed by atoms with Crippen LogP contribution in [0.25, 0.3) is 0 Å². The van der Waals surface area contributed by atoms with Crippen LogP contribution in [0.3, 0.4) is 0 Å². The summed E-state index contributed by atoms with van der Waals surface area (Å²) in [4.78, 5) is 18.9. The highest BCUT2D eigenvalue weighted by Gasteiger charge is 2.23. The first-order valence-electron chi connectivity index (χ1n) is 7.65. The lowest BCUT2D eigenvalue weighted by molar-refractivity contribution is 0.255. The zero-order chi connectivity index (χ0) is 14.5. The molecule has 1 aliphatic rings. The van der Waals surface area contributed by atoms with E-state index < -0.39 is 0 Å². The molecule has 112 valence electrons. The summed E-state index contributed by atoms with van der Waals surface area (Å²) in [6.45, 7) is 5.66. The number of anilines is 1. The minimum atomic E-state index is -0.0924. The van der Waals surface area contributed by atoms with Gasteiger partial charge < -0.3 is 16.0 Å². The molecule has 0 spiro atoms. The largest absolute Gasteiger partial charge is 0.370 e. The molecule has 0 radical (unpaired) electrons. The molecule has 0 aliphatic heterocycles. The summed E-state index contributed by atoms with van der Waals surface area (Å²) in [6, 6.07) is 1.53. The molecule has 5 nitrogen and oxygen atoms in total. The van der Waals surface area contributed by atoms with Crippen molar-refractivity contribution < 1.29 is 0 Å². The lowest BCUT2D eigenvalue weighted by Crippen LogP contribution is -2.31. The number of nitrogens with one attached hydrogen (secondary N) is 2. The summed E-state index contributed by atoms with van der Waals surface area (Å²) < 4.78 is 0. The maximum atomic E-state index is 11.6. The lowest BCUT2D eigenvalue weighted by Gasteiger charge is -2.30. The Kier molecular flexibility index (Phi) is 5.17. The van der Waals surface area contributed by atoms with Gasteiger partial charge in [0, 0.05) is 18.5 Å². The summed E-state index contributed by atoms with van der Waals surface area (Å²) in [6.07, 6.45) is 5.01. The van der Waals surface area contributed by atoms with Crippen LogP contribution in [0.5, 0.6) is 0 Å². The highest BCUT2D eigenvalue weighted by atomic mass is 16.1. The molecule has 1 aromatic heterocycles. The SMILES string of the molecule is CC(C)c1nc(NCC2CCCCC2CN)cc(=O)[nH]1. The Morgan fingerprint density at radius 2 is 2.10 bits per heavy atom. The van der Waals surface area contributed by atoms with Crippen molar-refractivity contribution >= 4 is 5.82 Å². The number of hydrogen-bond donors (Lipinski definition) is 3. The number of aromatic nitrogens is 2. The van der Waals surface area contributed by atoms with E-state index >= 15 is 0 Å². The van der Waals surface area contributed by atoms with Gasteiger partial charge in [-0.2, -0.15) is 0 Å². The molecular formula is C15H26N4O. The van der Waals surface area contributed by atoms with Gasteiger partial charge in [0.15, 0.2) is 0 Å². The van der Waals surface area contributed by atoms with Crippen LogP contribution in [0.15, 0.2) is 10.9 Å². The Morgan fingerprint density at radius 1 is 1.40 bits per heavy atom. The number of nitrogens with two attached hydrogens (primary N) is 1. The normalized spacial score (nSPS) is 23.0. The fraction of sp³-hybridized carbons (Fsp3) is 0.733. The van der Waals surface area contributed by atoms with Crippen LogP contribution >= 0.6 is 0 Å². The summed E-state index contributed by atoms with van der Waals surface area (Å²) in [5.74, 6) is 2.83. The Morgan fingerprint density at radius 3 is 2.75 bits per heavy atom. The third kappa shape index (κ3) is 3.82. The monoisotopic (exact) mass is 278 g/mol. The van der Waals surface area contributed by atoms with E-state index in [1.54, 1.807) is 0 Å². The summed E-state index contributed by atoms with van der Waals surface area (Å²) in [5, 5.41) is 3.33. The van der Waals surface area contributed by atoms with E-state index in [1.165, 1.54) is 31.7 Å². The molecule has 1 heterocycles. The highest BCUT2D eigenvalue weighted by Crippen LogP contribution is 2.29. The van der Waals surface area contributed by atoms with Crippen molar-refractivity contribution in [3.8, 4) is 0 Å². The predicted molar refractivity (Wildman–Crippen MR) is 81.9 cm³/mol. The molecule has 0 bridgehead atoms. The van der Waals surface area contributed by atoms with Gasteiger partial charge in [0.2, 0.25) is 0 Å². The van der Waals surface area contributed by atoms with Crippen molar-refractivity contribution in [3.05, 3.63) is 22.2 Å². The number of aromatic amines is 1. The second kappa shape index (κ2) is 6.88. The Balaban J connectivity index is 2.01. The maximum absolute atomic E-state index is 11.6. The fourth-order valence-electron chi connectivity index (χ4n) is 2.94. The van der Waals surface area contributed by atoms with E-state index in [4.69, 9.17) is 5.73 Å². The fourth-order valence-corrected chi connectivity index (χ4v) is 2.94. The summed E-state index contributed by atoms with van der Waals surface area (Å²) >= 11 is 0. The van der Waals surface area contributed by atoms with Crippen molar-refractivity contribution in [2.75, 3.05) is 18.4 Å². The molecule has 2 atom stereocenters. The molecule has 5 heteroatoms. The first-order valence-corrected chi connectivity index (χ1v) is 7.65. The van der Waals surface area contributed by atoms with Gasteiger partial charge in [0.05, 0.1) is 0 Å². The van der Waals surface area contributed by atoms with Crippen molar-refractivity contribution in [1.82, 2.24) is 9.97 Å². The molecule has 20 heavy (non-hydrogen) atoms. The molecule has 1 saturated carbocycles. The average Bonchev–Trinajstić information content (AvgIpc) is 2.44. The third-order valence-electron chi connectivity index (χ3n) is 4.22. The minimum Gasteiger partial charge on any atom is -0.370 e. The van der Waals surface area contributed by atoms with Crippen molar-refractivity contribution in [2.45, 2.75) is 45.4 Å². The standard InChI is InChI=1S/C15H26N4O/c1-10(2)15-18-13(7-14(20)19-15)17-9-12-6-4-3-5-11(12)8-16/h7,10-12H,3-6,8-9,16H2,1-2H3,(H2,17,18,19,20). The van der Waals surface area contributed by atoms with Crippen LogP contribution in [0, 0.1) is 11.8 Å². The van der Waals surface area contributed by atoms with Crippen LogP contribution in [0.4, 0.5) is 5.82 Å². The van der Waals surface area contributed by atoms with Crippen LogP contribution in [-0.2, 0) is 0 Å². The van der Waals surface area contributed by atoms with E-state index in [-0.39, 0.29) is 11.5 Å². The Labute approximate surface area is 120 Å². The lowest BCUT2D eigenvalue weighted by atomic mass is 9.79. The topological polar surface area (TPSA) is 83.8 Å². The first kappa shape index (κ1) is 15.0. The molecule has 0 saturated heterocycles. The second-order valence-corrected chi connectivity index (χ2v) is 6.09. The van der Waals surface area contributed by atoms with Crippen molar-refractivity contribution in [1.29, 1.82) is 0 Å². The van der Waals surface area contributed by atoms with Crippen molar-refractivity contribution in [2.24, 2.45) is 17.6 Å². The van der Waals surface area contributed by atoms with Crippen LogP contribution in [0.1, 0.15) is 51.3 Å². The molecule has 4 N–H and O–H groups in total. The predicted octanol–water partition coefficient (Wildman–Crippen LogP) is 2.07. The van der Waals surface area contributed by atoms with Gasteiger partial charge in [-0.1, -0.05) is 26.7 Å². The molecule has 0 aromatic carbocycles. The molecular weight excluding hydrogens is 252 g/mol. The van der Waals surface area contributed by atoms with Gasteiger partial charge in [0.25, 0.3) is 5.56 Å². The van der Waals surface area contributed by atoms with Gasteiger partial charge in [-0.05, 0) is 31.2 Å². The molecule has 1 aliphatic carbocycles. The van der Waals surface area contributed by atoms with E-state index in [1.807, 2.05) is 13.8 Å². The van der Waals surface area contributed by atoms with Gasteiger partial charge in [0.1, 0.15) is 11.6 Å². The summed E-state index contributed by atoms with van der Waals surface area (Å²) in [5.41, 5.74) is 5.76. The van der Waals surface area contributed by atoms with Crippen LogP contribution in [0.2, 0.25) is 0 Å². The van der Waals surface area contributed by atoms with E-state index in [9.17, 15) is 4.79 Å². The Bertz CT molecular complexity index is 483. The van der Waals surface area contributed by atoms with Crippen LogP contribution < -0.4 is 16.6 Å². The van der Waals surface area contributed by atoms with E-state index in [0.29, 0.717) is 17.7 Å². The molecule has 2 unspecified atom stereocenters. The molecule has 1 aromatic rings. The number of rotatable bonds is 5. The van der Waals surface area contributed by atoms with Gasteiger partial charge in [-0.25, -0.2) is 4.98 Å². The zero-order valence-electron chi connectivity index (χ0n) is 12.5. The maximum Gasteiger partial charge on any atom is 0.252 e. The van der Waals surface area contributed by atoms with Crippen molar-refractivity contribution in [3.63, 3.8) is 0 Å². The molecule has 1 fully saturated rings. The van der Waals surface area contributed by atoms with Gasteiger partial charge in [-0.3, -0.25) is 4.79 Å². The van der Waals surface area contributed by atoms with Gasteiger partial charge in [-0.15, -0.1) is 0 Å². The smallest absolute Gasteiger partial charge is 0.252 e. The number of hydrogen-bond acceptors (Lipinski definition) is 4. The Hall–Kier alpha value is -1.36. The second-order valence-electron chi connectivity index (χ2n) is 6.09. The quantitative estimate of drug-likeness (QED) is 0.770. The highest BCUT2D eigenvalue weighted by molar-refractivity contribution is 5.33. The summed E-state index contributed by atoms with van der Waals surface area (Å²) in [7, 11) is 0. The molecule has 0 amide bonds. The third-order valence-corrected chi connectivity index (χ3v) is 4.22. The molecule has 2 rings (SSSR count). The average molecular weight is 278 g/mol. The van der Waals surface area contributed by atoms with E-state index in [0.717, 1.165) is 18.9 Å².